The molecule has 4 N–H and O–H groups in total. The number of hydrogen-bond acceptors (Lipinski definition) is 3. The van der Waals surface area contributed by atoms with E-state index in [4.69, 9.17) is 5.73 Å². The van der Waals surface area contributed by atoms with E-state index in [1.165, 1.54) is 6.08 Å². The Labute approximate surface area is 212 Å². The van der Waals surface area contributed by atoms with Gasteiger partial charge in [-0.15, -0.1) is 0 Å². The van der Waals surface area contributed by atoms with Crippen molar-refractivity contribution in [2.75, 3.05) is 11.9 Å². The molecule has 0 unspecified atom stereocenters. The topological polar surface area (TPSA) is 50.1 Å². The van der Waals surface area contributed by atoms with Crippen molar-refractivity contribution < 1.29 is 13.2 Å². The maximum Gasteiger partial charge on any atom is 0.416 e. The van der Waals surface area contributed by atoms with Gasteiger partial charge in [0.15, 0.2) is 0 Å². The molecule has 1 aliphatic rings. The molecule has 0 aromatic heterocycles. The Bertz CT molecular complexity index is 1160. The number of rotatable bonds is 10. The Morgan fingerprint density at radius 1 is 1.03 bits per heavy atom. The van der Waals surface area contributed by atoms with Crippen LogP contribution in [0, 0.1) is 0 Å². The van der Waals surface area contributed by atoms with Crippen molar-refractivity contribution in [3.63, 3.8) is 0 Å². The zero-order valence-corrected chi connectivity index (χ0v) is 20.7. The molecule has 0 bridgehead atoms. The molecule has 190 valence electrons. The van der Waals surface area contributed by atoms with Crippen molar-refractivity contribution >= 4 is 17.1 Å². The molecular formula is C30H34F3N3. The number of nitrogens with one attached hydrogen (secondary N) is 2. The highest BCUT2D eigenvalue weighted by molar-refractivity contribution is 5.76. The van der Waals surface area contributed by atoms with Crippen molar-refractivity contribution in [3.8, 4) is 0 Å². The van der Waals surface area contributed by atoms with Gasteiger partial charge in [0.25, 0.3) is 0 Å². The number of para-hydroxylation sites is 1. The van der Waals surface area contributed by atoms with Gasteiger partial charge in [-0.3, -0.25) is 0 Å². The second kappa shape index (κ2) is 12.9. The van der Waals surface area contributed by atoms with Gasteiger partial charge in [-0.1, -0.05) is 80.3 Å². The first kappa shape index (κ1) is 26.9. The lowest BCUT2D eigenvalue weighted by Crippen LogP contribution is -2.15. The van der Waals surface area contributed by atoms with E-state index in [1.807, 2.05) is 54.6 Å². The largest absolute Gasteiger partial charge is 0.416 e. The minimum Gasteiger partial charge on any atom is -0.398 e. The van der Waals surface area contributed by atoms with Crippen molar-refractivity contribution in [2.24, 2.45) is 5.73 Å². The Morgan fingerprint density at radius 2 is 1.72 bits per heavy atom. The van der Waals surface area contributed by atoms with Gasteiger partial charge in [-0.25, -0.2) is 0 Å². The predicted molar refractivity (Wildman–Crippen MR) is 145 cm³/mol. The summed E-state index contributed by atoms with van der Waals surface area (Å²) in [5, 5.41) is 6.70. The predicted octanol–water partition coefficient (Wildman–Crippen LogP) is 7.94. The molecular weight excluding hydrogens is 459 g/mol. The van der Waals surface area contributed by atoms with Crippen LogP contribution in [0.2, 0.25) is 0 Å². The maximum atomic E-state index is 13.7. The highest BCUT2D eigenvalue weighted by Crippen LogP contribution is 2.35. The highest BCUT2D eigenvalue weighted by atomic mass is 19.4. The second-order valence-corrected chi connectivity index (χ2v) is 8.68. The molecule has 0 spiro atoms. The van der Waals surface area contributed by atoms with Gasteiger partial charge < -0.3 is 16.4 Å². The molecule has 0 aliphatic heterocycles. The molecule has 0 fully saturated rings. The fraction of sp³-hybridized carbons (Fsp3) is 0.267. The van der Waals surface area contributed by atoms with Crippen LogP contribution in [0.25, 0.3) is 11.4 Å². The van der Waals surface area contributed by atoms with E-state index in [2.05, 4.69) is 24.1 Å². The maximum absolute atomic E-state index is 13.7. The van der Waals surface area contributed by atoms with Gasteiger partial charge in [-0.2, -0.15) is 13.2 Å². The summed E-state index contributed by atoms with van der Waals surface area (Å²) in [6.07, 6.45) is 4.95. The molecule has 0 saturated carbocycles. The molecule has 6 heteroatoms. The van der Waals surface area contributed by atoms with Crippen molar-refractivity contribution in [2.45, 2.75) is 45.2 Å². The third-order valence-corrected chi connectivity index (χ3v) is 5.87. The standard InChI is InChI=1S/C30H34F3N3/c1-3-20-35-29-17-11-10-15-26(29)22(2)36-25(21-28(34)24-13-7-4-8-14-24)19-18-23-12-6-5-9-16-27(23)30(31,32)33/h4,7-8,10-17,19,21,35-36H,2-3,5-6,9,18,20,34H2,1H3/b25-19+,28-21-. The van der Waals surface area contributed by atoms with E-state index in [9.17, 15) is 13.2 Å². The van der Waals surface area contributed by atoms with Gasteiger partial charge in [-0.05, 0) is 55.4 Å². The first-order valence-corrected chi connectivity index (χ1v) is 12.3. The smallest absolute Gasteiger partial charge is 0.398 e. The summed E-state index contributed by atoms with van der Waals surface area (Å²) in [4.78, 5) is 0. The van der Waals surface area contributed by atoms with E-state index < -0.39 is 11.7 Å². The summed E-state index contributed by atoms with van der Waals surface area (Å²) in [5.74, 6) is 0. The number of halogens is 3. The Balaban J connectivity index is 1.94. The van der Waals surface area contributed by atoms with Gasteiger partial charge in [0.2, 0.25) is 0 Å². The average Bonchev–Trinajstić information content (AvgIpc) is 3.12. The molecule has 0 amide bonds. The van der Waals surface area contributed by atoms with Crippen LogP contribution in [-0.2, 0) is 0 Å². The molecule has 3 rings (SSSR count). The average molecular weight is 494 g/mol. The lowest BCUT2D eigenvalue weighted by Gasteiger charge is -2.17. The summed E-state index contributed by atoms with van der Waals surface area (Å²) in [7, 11) is 0. The summed E-state index contributed by atoms with van der Waals surface area (Å²) < 4.78 is 41.1. The first-order valence-electron chi connectivity index (χ1n) is 12.3. The molecule has 3 nitrogen and oxygen atoms in total. The monoisotopic (exact) mass is 493 g/mol. The van der Waals surface area contributed by atoms with Gasteiger partial charge in [0, 0.05) is 34.9 Å². The molecule has 0 atom stereocenters. The summed E-state index contributed by atoms with van der Waals surface area (Å²) in [5.41, 5.74) is 10.4. The number of benzene rings is 2. The SMILES string of the molecule is C=C(NC(/C=C(\N)c1ccccc1)=C/CC1=CCCCC=C1C(F)(F)F)c1ccccc1NCCC. The number of nitrogens with two attached hydrogens (primary N) is 1. The molecule has 2 aromatic rings. The van der Waals surface area contributed by atoms with Crippen LogP contribution in [0.5, 0.6) is 0 Å². The Hall–Kier alpha value is -3.67. The molecule has 1 aliphatic carbocycles. The fourth-order valence-electron chi connectivity index (χ4n) is 4.02. The van der Waals surface area contributed by atoms with Crippen LogP contribution in [0.1, 0.15) is 50.2 Å². The summed E-state index contributed by atoms with van der Waals surface area (Å²) >= 11 is 0. The van der Waals surface area contributed by atoms with Gasteiger partial charge in [0.1, 0.15) is 0 Å². The van der Waals surface area contributed by atoms with Crippen LogP contribution in [-0.4, -0.2) is 12.7 Å². The second-order valence-electron chi connectivity index (χ2n) is 8.68. The van der Waals surface area contributed by atoms with Gasteiger partial charge >= 0.3 is 6.18 Å². The number of anilines is 1. The minimum absolute atomic E-state index is 0.120. The molecule has 0 heterocycles. The van der Waals surface area contributed by atoms with Crippen LogP contribution in [0.3, 0.4) is 0 Å². The van der Waals surface area contributed by atoms with Crippen LogP contribution >= 0.6 is 0 Å². The molecule has 36 heavy (non-hydrogen) atoms. The van der Waals surface area contributed by atoms with E-state index in [1.54, 1.807) is 18.2 Å². The number of alkyl halides is 3. The normalized spacial score (nSPS) is 15.0. The molecule has 0 saturated heterocycles. The molecule has 2 aromatic carbocycles. The summed E-state index contributed by atoms with van der Waals surface area (Å²) in [6.45, 7) is 7.11. The lowest BCUT2D eigenvalue weighted by atomic mass is 10.0. The lowest BCUT2D eigenvalue weighted by molar-refractivity contribution is -0.0896. The third-order valence-electron chi connectivity index (χ3n) is 5.87. The van der Waals surface area contributed by atoms with E-state index in [-0.39, 0.29) is 12.0 Å². The van der Waals surface area contributed by atoms with Crippen LogP contribution in [0.15, 0.2) is 102 Å². The zero-order valence-electron chi connectivity index (χ0n) is 20.7. The number of allylic oxidation sites excluding steroid dienone is 6. The third kappa shape index (κ3) is 7.67. The van der Waals surface area contributed by atoms with Crippen LogP contribution in [0.4, 0.5) is 18.9 Å². The fourth-order valence-corrected chi connectivity index (χ4v) is 4.02. The van der Waals surface area contributed by atoms with Gasteiger partial charge in [0.05, 0.1) is 5.57 Å². The summed E-state index contributed by atoms with van der Waals surface area (Å²) in [6, 6.07) is 17.3. The minimum atomic E-state index is -4.38. The van der Waals surface area contributed by atoms with Crippen molar-refractivity contribution in [1.82, 2.24) is 5.32 Å². The quantitative estimate of drug-likeness (QED) is 0.295. The highest BCUT2D eigenvalue weighted by Gasteiger charge is 2.35. The van der Waals surface area contributed by atoms with E-state index >= 15 is 0 Å². The van der Waals surface area contributed by atoms with Crippen molar-refractivity contribution in [3.05, 3.63) is 113 Å². The Kier molecular flexibility index (Phi) is 9.62. The first-order chi connectivity index (χ1) is 17.3. The Morgan fingerprint density at radius 3 is 2.44 bits per heavy atom. The molecule has 0 radical (unpaired) electrons. The van der Waals surface area contributed by atoms with E-state index in [0.717, 1.165) is 29.8 Å². The van der Waals surface area contributed by atoms with Crippen LogP contribution < -0.4 is 16.4 Å². The zero-order chi connectivity index (χ0) is 26.0. The number of hydrogen-bond donors (Lipinski definition) is 3. The van der Waals surface area contributed by atoms with E-state index in [0.29, 0.717) is 36.4 Å². The van der Waals surface area contributed by atoms with Crippen molar-refractivity contribution in [1.29, 1.82) is 0 Å².